The van der Waals surface area contributed by atoms with E-state index in [2.05, 4.69) is 52.7 Å². The number of rotatable bonds is 8. The lowest BCUT2D eigenvalue weighted by molar-refractivity contribution is 0.0940. The molecule has 0 spiro atoms. The number of nitrogens with one attached hydrogen (secondary N) is 1. The van der Waals surface area contributed by atoms with Gasteiger partial charge < -0.3 is 10.1 Å². The average molecular weight is 443 g/mol. The first kappa shape index (κ1) is 23.1. The molecule has 0 aromatic heterocycles. The van der Waals surface area contributed by atoms with Crippen molar-refractivity contribution in [3.63, 3.8) is 0 Å². The van der Waals surface area contributed by atoms with Gasteiger partial charge in [0.25, 0.3) is 5.91 Å². The van der Waals surface area contributed by atoms with E-state index in [1.807, 2.05) is 43.3 Å². The first-order valence-electron chi connectivity index (χ1n) is 11.9. The van der Waals surface area contributed by atoms with Crippen LogP contribution < -0.4 is 10.1 Å². The van der Waals surface area contributed by atoms with Gasteiger partial charge in [0.1, 0.15) is 5.75 Å². The minimum absolute atomic E-state index is 0.0494. The maximum Gasteiger partial charge on any atom is 0.251 e. The summed E-state index contributed by atoms with van der Waals surface area (Å²) in [6.45, 7) is 5.22. The van der Waals surface area contributed by atoms with E-state index in [9.17, 15) is 4.79 Å². The molecule has 4 rings (SSSR count). The maximum absolute atomic E-state index is 12.7. The molecule has 1 aliphatic heterocycles. The molecule has 3 aromatic rings. The number of hydrogen-bond acceptors (Lipinski definition) is 3. The quantitative estimate of drug-likeness (QED) is 0.491. The van der Waals surface area contributed by atoms with E-state index < -0.39 is 0 Å². The Hall–Kier alpha value is -3.11. The summed E-state index contributed by atoms with van der Waals surface area (Å²) in [5.74, 6) is 1.54. The molecule has 0 radical (unpaired) electrons. The van der Waals surface area contributed by atoms with Crippen LogP contribution in [-0.4, -0.2) is 31.0 Å². The number of methoxy groups -OCH3 is 1. The summed E-state index contributed by atoms with van der Waals surface area (Å²) < 4.78 is 5.20. The smallest absolute Gasteiger partial charge is 0.251 e. The number of ether oxygens (including phenoxy) is 1. The van der Waals surface area contributed by atoms with Crippen molar-refractivity contribution >= 4 is 5.91 Å². The zero-order chi connectivity index (χ0) is 23.0. The van der Waals surface area contributed by atoms with Crippen LogP contribution in [0.2, 0.25) is 0 Å². The number of carbonyl (C=O) groups excluding carboxylic acids is 1. The highest BCUT2D eigenvalue weighted by Gasteiger charge is 2.19. The summed E-state index contributed by atoms with van der Waals surface area (Å²) in [4.78, 5) is 15.2. The van der Waals surface area contributed by atoms with Crippen molar-refractivity contribution in [1.29, 1.82) is 0 Å². The molecule has 4 nitrogen and oxygen atoms in total. The molecule has 4 heteroatoms. The van der Waals surface area contributed by atoms with E-state index in [0.717, 1.165) is 36.9 Å². The molecule has 1 aliphatic rings. The predicted molar refractivity (Wildman–Crippen MR) is 133 cm³/mol. The van der Waals surface area contributed by atoms with E-state index in [4.69, 9.17) is 4.74 Å². The van der Waals surface area contributed by atoms with Crippen molar-refractivity contribution in [2.75, 3.05) is 20.2 Å². The van der Waals surface area contributed by atoms with Gasteiger partial charge in [0, 0.05) is 12.1 Å². The first-order chi connectivity index (χ1) is 16.1. The number of piperidine rings is 1. The van der Waals surface area contributed by atoms with Crippen LogP contribution in [0.3, 0.4) is 0 Å². The Balaban J connectivity index is 1.24. The highest BCUT2D eigenvalue weighted by Crippen LogP contribution is 2.23. The third-order valence-corrected chi connectivity index (χ3v) is 6.66. The lowest BCUT2D eigenvalue weighted by atomic mass is 9.90. The van der Waals surface area contributed by atoms with Crippen LogP contribution in [0, 0.1) is 5.92 Å². The molecule has 0 aliphatic carbocycles. The fourth-order valence-corrected chi connectivity index (χ4v) is 4.57. The van der Waals surface area contributed by atoms with Crippen molar-refractivity contribution in [1.82, 2.24) is 10.2 Å². The molecule has 1 fully saturated rings. The van der Waals surface area contributed by atoms with Gasteiger partial charge in [-0.1, -0.05) is 54.6 Å². The molecule has 33 heavy (non-hydrogen) atoms. The zero-order valence-electron chi connectivity index (χ0n) is 19.7. The van der Waals surface area contributed by atoms with Crippen LogP contribution >= 0.6 is 0 Å². The van der Waals surface area contributed by atoms with Gasteiger partial charge in [-0.3, -0.25) is 9.69 Å². The Kier molecular flexibility index (Phi) is 7.79. The van der Waals surface area contributed by atoms with Gasteiger partial charge in [0.2, 0.25) is 0 Å². The Morgan fingerprint density at radius 3 is 2.24 bits per heavy atom. The van der Waals surface area contributed by atoms with Crippen LogP contribution in [0.25, 0.3) is 0 Å². The molecule has 1 saturated heterocycles. The second-order valence-corrected chi connectivity index (χ2v) is 9.07. The molecule has 1 atom stereocenters. The summed E-state index contributed by atoms with van der Waals surface area (Å²) in [5.41, 5.74) is 4.46. The van der Waals surface area contributed by atoms with Crippen LogP contribution in [-0.2, 0) is 13.0 Å². The second-order valence-electron chi connectivity index (χ2n) is 9.07. The highest BCUT2D eigenvalue weighted by molar-refractivity contribution is 5.94. The molecular weight excluding hydrogens is 408 g/mol. The fourth-order valence-electron chi connectivity index (χ4n) is 4.57. The topological polar surface area (TPSA) is 41.6 Å². The summed E-state index contributed by atoms with van der Waals surface area (Å²) in [6.07, 6.45) is 3.69. The van der Waals surface area contributed by atoms with Gasteiger partial charge in [0.15, 0.2) is 0 Å². The highest BCUT2D eigenvalue weighted by atomic mass is 16.5. The monoisotopic (exact) mass is 442 g/mol. The predicted octanol–water partition coefficient (Wildman–Crippen LogP) is 5.64. The van der Waals surface area contributed by atoms with Crippen LogP contribution in [0.4, 0.5) is 0 Å². The van der Waals surface area contributed by atoms with Gasteiger partial charge in [-0.15, -0.1) is 0 Å². The number of benzene rings is 3. The second kappa shape index (κ2) is 11.2. The van der Waals surface area contributed by atoms with Crippen LogP contribution in [0.15, 0.2) is 78.9 Å². The molecule has 1 unspecified atom stereocenters. The lowest BCUT2D eigenvalue weighted by Crippen LogP contribution is -2.33. The van der Waals surface area contributed by atoms with E-state index in [-0.39, 0.29) is 11.9 Å². The third-order valence-electron chi connectivity index (χ3n) is 6.66. The minimum Gasteiger partial charge on any atom is -0.497 e. The number of carbonyl (C=O) groups is 1. The molecule has 0 bridgehead atoms. The fraction of sp³-hybridized carbons (Fsp3) is 0.345. The molecule has 3 aromatic carbocycles. The average Bonchev–Trinajstić information content (AvgIpc) is 2.86. The Bertz CT molecular complexity index is 1010. The van der Waals surface area contributed by atoms with E-state index in [1.54, 1.807) is 7.11 Å². The van der Waals surface area contributed by atoms with Crippen molar-refractivity contribution in [2.45, 2.75) is 38.8 Å². The van der Waals surface area contributed by atoms with Crippen molar-refractivity contribution in [3.05, 3.63) is 101 Å². The van der Waals surface area contributed by atoms with Crippen LogP contribution in [0.5, 0.6) is 5.75 Å². The normalized spacial score (nSPS) is 15.7. The molecule has 1 amide bonds. The summed E-state index contributed by atoms with van der Waals surface area (Å²) in [7, 11) is 1.65. The molecule has 1 heterocycles. The van der Waals surface area contributed by atoms with Crippen LogP contribution in [0.1, 0.15) is 52.9 Å². The number of nitrogens with zero attached hydrogens (tertiary/aromatic N) is 1. The van der Waals surface area contributed by atoms with Gasteiger partial charge in [0.05, 0.1) is 13.2 Å². The number of hydrogen-bond donors (Lipinski definition) is 1. The minimum atomic E-state index is -0.0692. The molecule has 172 valence electrons. The van der Waals surface area contributed by atoms with Crippen molar-refractivity contribution in [3.8, 4) is 5.75 Å². The Labute approximate surface area is 197 Å². The van der Waals surface area contributed by atoms with Gasteiger partial charge >= 0.3 is 0 Å². The summed E-state index contributed by atoms with van der Waals surface area (Å²) in [5, 5.41) is 3.09. The van der Waals surface area contributed by atoms with E-state index in [1.165, 1.54) is 30.4 Å². The number of amides is 1. The van der Waals surface area contributed by atoms with Gasteiger partial charge in [-0.2, -0.15) is 0 Å². The SMILES string of the molecule is COc1ccc(C(C)NC(=O)c2ccc(CN3CCC(Cc4ccccc4)CC3)cc2)cc1. The maximum atomic E-state index is 12.7. The number of likely N-dealkylation sites (tertiary alicyclic amines) is 1. The molecular formula is C29H34N2O2. The van der Waals surface area contributed by atoms with Gasteiger partial charge in [-0.05, 0) is 86.1 Å². The zero-order valence-corrected chi connectivity index (χ0v) is 19.7. The standard InChI is InChI=1S/C29H34N2O2/c1-22(26-12-14-28(33-2)15-13-26)30-29(32)27-10-8-25(9-11-27)21-31-18-16-24(17-19-31)20-23-6-4-3-5-7-23/h3-15,22,24H,16-21H2,1-2H3,(H,30,32). The van der Waals surface area contributed by atoms with Crippen molar-refractivity contribution < 1.29 is 9.53 Å². The third kappa shape index (κ3) is 6.45. The lowest BCUT2D eigenvalue weighted by Gasteiger charge is -2.32. The van der Waals surface area contributed by atoms with E-state index >= 15 is 0 Å². The molecule has 0 saturated carbocycles. The van der Waals surface area contributed by atoms with E-state index in [0.29, 0.717) is 5.56 Å². The van der Waals surface area contributed by atoms with Gasteiger partial charge in [-0.25, -0.2) is 0 Å². The summed E-state index contributed by atoms with van der Waals surface area (Å²) in [6, 6.07) is 26.6. The van der Waals surface area contributed by atoms with Crippen molar-refractivity contribution in [2.24, 2.45) is 5.92 Å². The molecule has 1 N–H and O–H groups in total. The summed E-state index contributed by atoms with van der Waals surface area (Å²) >= 11 is 0. The Morgan fingerprint density at radius 1 is 0.939 bits per heavy atom. The first-order valence-corrected chi connectivity index (χ1v) is 11.9. The Morgan fingerprint density at radius 2 is 1.61 bits per heavy atom. The largest absolute Gasteiger partial charge is 0.497 e.